The number of nitrogens with zero attached hydrogens (tertiary/aromatic N) is 3. The molecular weight excluding hydrogens is 449 g/mol. The molecule has 1 fully saturated rings. The number of hydrogen-bond acceptors (Lipinski definition) is 4. The Kier molecular flexibility index (Phi) is 6.33. The van der Waals surface area contributed by atoms with Crippen LogP contribution in [0.2, 0.25) is 5.02 Å². The first-order valence-corrected chi connectivity index (χ1v) is 10.9. The molecule has 0 aliphatic heterocycles. The number of carbonyl (C=O) groups is 3. The van der Waals surface area contributed by atoms with Crippen molar-refractivity contribution in [2.45, 2.75) is 38.9 Å². The molecular formula is C23H23ClFN5O3. The lowest BCUT2D eigenvalue weighted by Crippen LogP contribution is -2.43. The lowest BCUT2D eigenvalue weighted by Gasteiger charge is -2.22. The van der Waals surface area contributed by atoms with Crippen LogP contribution in [0.25, 0.3) is 10.9 Å². The second-order valence-electron chi connectivity index (χ2n) is 8.13. The molecule has 0 spiro atoms. The van der Waals surface area contributed by atoms with E-state index in [1.54, 1.807) is 12.1 Å². The molecule has 1 heterocycles. The van der Waals surface area contributed by atoms with Crippen molar-refractivity contribution in [1.82, 2.24) is 20.0 Å². The molecule has 172 valence electrons. The Bertz CT molecular complexity index is 1250. The number of halogens is 2. The summed E-state index contributed by atoms with van der Waals surface area (Å²) in [6, 6.07) is 9.95. The summed E-state index contributed by atoms with van der Waals surface area (Å²) in [5.74, 6) is -1.97. The number of aromatic nitrogens is 2. The van der Waals surface area contributed by atoms with Crippen LogP contribution in [0.4, 0.5) is 4.39 Å². The fraction of sp³-hybridized carbons (Fsp3) is 0.304. The summed E-state index contributed by atoms with van der Waals surface area (Å²) in [6.45, 7) is 1.56. The zero-order valence-corrected chi connectivity index (χ0v) is 18.7. The van der Waals surface area contributed by atoms with Gasteiger partial charge in [-0.3, -0.25) is 19.1 Å². The van der Waals surface area contributed by atoms with Gasteiger partial charge in [0.15, 0.2) is 5.69 Å². The maximum Gasteiger partial charge on any atom is 0.269 e. The standard InChI is InChI=1S/C23H23ClFN5O3/c1-13-5-8-16-18(9-13)30(28-22(16)23(26)33)12-20(32)29(15-6-7-15)11-19(31)27-10-14-3-2-4-17(24)21(14)25/h2-5,8-9,15H,6-7,10-12H2,1H3,(H2,26,33)(H,27,31). The van der Waals surface area contributed by atoms with Crippen molar-refractivity contribution in [2.24, 2.45) is 5.73 Å². The lowest BCUT2D eigenvalue weighted by molar-refractivity contribution is -0.137. The highest BCUT2D eigenvalue weighted by Crippen LogP contribution is 2.27. The van der Waals surface area contributed by atoms with E-state index < -0.39 is 17.6 Å². The topological polar surface area (TPSA) is 110 Å². The zero-order chi connectivity index (χ0) is 23.7. The van der Waals surface area contributed by atoms with E-state index in [4.69, 9.17) is 17.3 Å². The van der Waals surface area contributed by atoms with Crippen LogP contribution in [-0.2, 0) is 22.7 Å². The van der Waals surface area contributed by atoms with E-state index in [2.05, 4.69) is 10.4 Å². The first-order chi connectivity index (χ1) is 15.7. The average molecular weight is 472 g/mol. The van der Waals surface area contributed by atoms with E-state index in [1.807, 2.05) is 19.1 Å². The molecule has 0 radical (unpaired) electrons. The van der Waals surface area contributed by atoms with Crippen LogP contribution in [-0.4, -0.2) is 45.0 Å². The Hall–Kier alpha value is -3.46. The van der Waals surface area contributed by atoms with Gasteiger partial charge in [0.25, 0.3) is 5.91 Å². The second kappa shape index (κ2) is 9.19. The number of nitrogens with two attached hydrogens (primary N) is 1. The summed E-state index contributed by atoms with van der Waals surface area (Å²) in [4.78, 5) is 38.9. The van der Waals surface area contributed by atoms with Crippen LogP contribution in [0, 0.1) is 12.7 Å². The number of rotatable bonds is 8. The Morgan fingerprint density at radius 1 is 1.27 bits per heavy atom. The predicted octanol–water partition coefficient (Wildman–Crippen LogP) is 2.54. The van der Waals surface area contributed by atoms with E-state index in [-0.39, 0.29) is 47.9 Å². The Balaban J connectivity index is 1.47. The van der Waals surface area contributed by atoms with Gasteiger partial charge in [-0.05, 0) is 37.5 Å². The molecule has 4 rings (SSSR count). The first-order valence-electron chi connectivity index (χ1n) is 10.5. The minimum absolute atomic E-state index is 0.0199. The van der Waals surface area contributed by atoms with Gasteiger partial charge in [-0.15, -0.1) is 0 Å². The maximum atomic E-state index is 14.0. The molecule has 33 heavy (non-hydrogen) atoms. The van der Waals surface area contributed by atoms with Gasteiger partial charge in [-0.1, -0.05) is 35.9 Å². The summed E-state index contributed by atoms with van der Waals surface area (Å²) < 4.78 is 15.5. The van der Waals surface area contributed by atoms with Crippen molar-refractivity contribution in [3.63, 3.8) is 0 Å². The minimum atomic E-state index is -0.679. The number of hydrogen-bond donors (Lipinski definition) is 2. The molecule has 0 bridgehead atoms. The number of nitrogens with one attached hydrogen (secondary N) is 1. The van der Waals surface area contributed by atoms with Crippen molar-refractivity contribution < 1.29 is 18.8 Å². The quantitative estimate of drug-likeness (QED) is 0.526. The number of fused-ring (bicyclic) bond motifs is 1. The fourth-order valence-electron chi connectivity index (χ4n) is 3.70. The van der Waals surface area contributed by atoms with E-state index >= 15 is 0 Å². The van der Waals surface area contributed by atoms with Crippen molar-refractivity contribution in [3.05, 3.63) is 64.1 Å². The van der Waals surface area contributed by atoms with E-state index in [0.717, 1.165) is 18.4 Å². The van der Waals surface area contributed by atoms with Crippen molar-refractivity contribution in [1.29, 1.82) is 0 Å². The SMILES string of the molecule is Cc1ccc2c(C(N)=O)nn(CC(=O)N(CC(=O)NCc3cccc(Cl)c3F)C3CC3)c2c1. The number of aryl methyl sites for hydroxylation is 1. The molecule has 0 atom stereocenters. The van der Waals surface area contributed by atoms with Gasteiger partial charge >= 0.3 is 0 Å². The Labute approximate surface area is 194 Å². The normalized spacial score (nSPS) is 13.2. The number of benzene rings is 2. The molecule has 3 amide bonds. The van der Waals surface area contributed by atoms with Gasteiger partial charge in [0.2, 0.25) is 11.8 Å². The molecule has 2 aromatic carbocycles. The molecule has 1 aliphatic carbocycles. The Morgan fingerprint density at radius 2 is 2.03 bits per heavy atom. The summed E-state index contributed by atoms with van der Waals surface area (Å²) in [7, 11) is 0. The molecule has 1 aromatic heterocycles. The summed E-state index contributed by atoms with van der Waals surface area (Å²) >= 11 is 5.78. The monoisotopic (exact) mass is 471 g/mol. The third-order valence-electron chi connectivity index (χ3n) is 5.56. The number of carbonyl (C=O) groups excluding carboxylic acids is 3. The van der Waals surface area contributed by atoms with Gasteiger partial charge in [-0.2, -0.15) is 5.10 Å². The molecule has 1 aliphatic rings. The van der Waals surface area contributed by atoms with Crippen LogP contribution in [0.3, 0.4) is 0 Å². The predicted molar refractivity (Wildman–Crippen MR) is 121 cm³/mol. The van der Waals surface area contributed by atoms with Crippen LogP contribution in [0.1, 0.15) is 34.5 Å². The third-order valence-corrected chi connectivity index (χ3v) is 5.85. The summed E-state index contributed by atoms with van der Waals surface area (Å²) in [5, 5.41) is 7.43. The van der Waals surface area contributed by atoms with Crippen molar-refractivity contribution in [3.8, 4) is 0 Å². The van der Waals surface area contributed by atoms with E-state index in [9.17, 15) is 18.8 Å². The maximum absolute atomic E-state index is 14.0. The van der Waals surface area contributed by atoms with Gasteiger partial charge in [0.1, 0.15) is 12.4 Å². The minimum Gasteiger partial charge on any atom is -0.364 e. The highest BCUT2D eigenvalue weighted by Gasteiger charge is 2.34. The highest BCUT2D eigenvalue weighted by atomic mass is 35.5. The first kappa shape index (κ1) is 22.7. The van der Waals surface area contributed by atoms with Gasteiger partial charge in [0, 0.05) is 23.5 Å². The third kappa shape index (κ3) is 4.98. The van der Waals surface area contributed by atoms with Crippen molar-refractivity contribution in [2.75, 3.05) is 6.54 Å². The molecule has 10 heteroatoms. The number of amides is 3. The van der Waals surface area contributed by atoms with Crippen LogP contribution in [0.5, 0.6) is 0 Å². The van der Waals surface area contributed by atoms with Crippen LogP contribution >= 0.6 is 11.6 Å². The van der Waals surface area contributed by atoms with Gasteiger partial charge < -0.3 is 16.0 Å². The lowest BCUT2D eigenvalue weighted by atomic mass is 10.1. The summed E-state index contributed by atoms with van der Waals surface area (Å²) in [6.07, 6.45) is 1.60. The fourth-order valence-corrected chi connectivity index (χ4v) is 3.90. The molecule has 8 nitrogen and oxygen atoms in total. The largest absolute Gasteiger partial charge is 0.364 e. The molecule has 3 N–H and O–H groups in total. The molecule has 0 unspecified atom stereocenters. The second-order valence-corrected chi connectivity index (χ2v) is 8.54. The van der Waals surface area contributed by atoms with Gasteiger partial charge in [0.05, 0.1) is 17.1 Å². The highest BCUT2D eigenvalue weighted by molar-refractivity contribution is 6.30. The molecule has 3 aromatic rings. The average Bonchev–Trinajstić information content (AvgIpc) is 3.55. The smallest absolute Gasteiger partial charge is 0.269 e. The van der Waals surface area contributed by atoms with E-state index in [1.165, 1.54) is 21.7 Å². The van der Waals surface area contributed by atoms with Crippen molar-refractivity contribution >= 4 is 40.2 Å². The van der Waals surface area contributed by atoms with Gasteiger partial charge in [-0.25, -0.2) is 4.39 Å². The number of primary amides is 1. The van der Waals surface area contributed by atoms with Crippen LogP contribution < -0.4 is 11.1 Å². The molecule has 0 saturated heterocycles. The van der Waals surface area contributed by atoms with E-state index in [0.29, 0.717) is 10.9 Å². The zero-order valence-electron chi connectivity index (χ0n) is 18.0. The van der Waals surface area contributed by atoms with Crippen LogP contribution in [0.15, 0.2) is 36.4 Å². The molecule has 1 saturated carbocycles. The summed E-state index contributed by atoms with van der Waals surface area (Å²) in [5.41, 5.74) is 7.37. The Morgan fingerprint density at radius 3 is 2.73 bits per heavy atom.